The number of amides is 1. The van der Waals surface area contributed by atoms with Crippen molar-refractivity contribution in [2.45, 2.75) is 40.2 Å². The summed E-state index contributed by atoms with van der Waals surface area (Å²) in [5.74, 6) is 3.08. The topological polar surface area (TPSA) is 85.8 Å². The number of aryl methyl sites for hydroxylation is 1. The number of hydrogen-bond acceptors (Lipinski definition) is 7. The van der Waals surface area contributed by atoms with E-state index in [1.165, 1.54) is 0 Å². The molecule has 1 aliphatic heterocycles. The maximum atomic E-state index is 13.1. The van der Waals surface area contributed by atoms with Crippen LogP contribution in [0.25, 0.3) is 0 Å². The fraction of sp³-hybridized carbons (Fsp3) is 0.393. The van der Waals surface area contributed by atoms with Gasteiger partial charge in [-0.05, 0) is 63.4 Å². The second kappa shape index (κ2) is 12.2. The normalized spacial score (nSPS) is 15.3. The lowest BCUT2D eigenvalue weighted by Gasteiger charge is -2.33. The predicted molar refractivity (Wildman–Crippen MR) is 139 cm³/mol. The minimum Gasteiger partial charge on any atom is -0.490 e. The van der Waals surface area contributed by atoms with Gasteiger partial charge >= 0.3 is 0 Å². The Hall–Kier alpha value is -3.81. The smallest absolute Gasteiger partial charge is 0.263 e. The highest BCUT2D eigenvalue weighted by molar-refractivity contribution is 5.79. The molecule has 4 rings (SSSR count). The Balaban J connectivity index is 1.39. The van der Waals surface area contributed by atoms with Gasteiger partial charge in [-0.25, -0.2) is 9.97 Å². The number of piperidine rings is 1. The van der Waals surface area contributed by atoms with Crippen LogP contribution in [0.5, 0.6) is 23.1 Å². The lowest BCUT2D eigenvalue weighted by molar-refractivity contribution is -0.125. The molecule has 0 radical (unpaired) electrons. The van der Waals surface area contributed by atoms with Gasteiger partial charge in [0.2, 0.25) is 5.91 Å². The summed E-state index contributed by atoms with van der Waals surface area (Å²) in [5.41, 5.74) is 2.12. The molecule has 1 fully saturated rings. The molecule has 0 aliphatic carbocycles. The Morgan fingerprint density at radius 3 is 2.56 bits per heavy atom. The van der Waals surface area contributed by atoms with E-state index in [0.29, 0.717) is 55.2 Å². The van der Waals surface area contributed by atoms with E-state index in [4.69, 9.17) is 14.2 Å². The van der Waals surface area contributed by atoms with Crippen molar-refractivity contribution in [1.29, 1.82) is 0 Å². The molecule has 190 valence electrons. The summed E-state index contributed by atoms with van der Waals surface area (Å²) >= 11 is 0. The summed E-state index contributed by atoms with van der Waals surface area (Å²) in [7, 11) is 0. The second-order valence-corrected chi connectivity index (χ2v) is 8.75. The number of carbonyl (C=O) groups is 1. The van der Waals surface area contributed by atoms with Gasteiger partial charge in [-0.15, -0.1) is 0 Å². The number of carbonyl (C=O) groups excluding carboxylic acids is 1. The Labute approximate surface area is 212 Å². The van der Waals surface area contributed by atoms with Gasteiger partial charge in [-0.1, -0.05) is 23.8 Å². The van der Waals surface area contributed by atoms with Crippen LogP contribution in [0.4, 0.5) is 5.82 Å². The molecule has 3 aromatic rings. The van der Waals surface area contributed by atoms with Crippen molar-refractivity contribution in [2.75, 3.05) is 31.2 Å². The molecular weight excluding hydrogens is 456 g/mol. The Morgan fingerprint density at radius 1 is 1.03 bits per heavy atom. The van der Waals surface area contributed by atoms with Crippen LogP contribution in [0.15, 0.2) is 54.9 Å². The van der Waals surface area contributed by atoms with Crippen LogP contribution in [0.3, 0.4) is 0 Å². The summed E-state index contributed by atoms with van der Waals surface area (Å²) in [6.07, 6.45) is 4.98. The molecule has 1 amide bonds. The molecule has 8 heteroatoms. The highest BCUT2D eigenvalue weighted by Crippen LogP contribution is 2.32. The maximum Gasteiger partial charge on any atom is 0.263 e. The van der Waals surface area contributed by atoms with Gasteiger partial charge in [0.1, 0.15) is 5.75 Å². The largest absolute Gasteiger partial charge is 0.490 e. The fourth-order valence-corrected chi connectivity index (χ4v) is 4.25. The van der Waals surface area contributed by atoms with Crippen molar-refractivity contribution in [1.82, 2.24) is 15.3 Å². The van der Waals surface area contributed by atoms with Crippen molar-refractivity contribution < 1.29 is 19.0 Å². The minimum absolute atomic E-state index is 0.0245. The van der Waals surface area contributed by atoms with Crippen LogP contribution in [-0.2, 0) is 11.3 Å². The van der Waals surface area contributed by atoms with Crippen LogP contribution >= 0.6 is 0 Å². The summed E-state index contributed by atoms with van der Waals surface area (Å²) in [6.45, 7) is 8.80. The first-order valence-electron chi connectivity index (χ1n) is 12.5. The molecule has 1 saturated heterocycles. The van der Waals surface area contributed by atoms with E-state index in [-0.39, 0.29) is 11.8 Å². The third-order valence-corrected chi connectivity index (χ3v) is 6.05. The van der Waals surface area contributed by atoms with Crippen molar-refractivity contribution in [3.8, 4) is 23.1 Å². The molecule has 1 unspecified atom stereocenters. The number of hydrogen-bond donors (Lipinski definition) is 1. The standard InChI is InChI=1S/C28H34N4O4/c1-4-34-24-13-10-21(17-25(24)35-5-2)18-31-27(33)22-7-6-16-32(19-22)26-28(30-15-14-29-26)36-23-11-8-20(3)9-12-23/h8-15,17,22H,4-7,16,18-19H2,1-3H3,(H,31,33). The third kappa shape index (κ3) is 6.44. The van der Waals surface area contributed by atoms with Gasteiger partial charge in [0.05, 0.1) is 19.1 Å². The van der Waals surface area contributed by atoms with E-state index < -0.39 is 0 Å². The van der Waals surface area contributed by atoms with Crippen molar-refractivity contribution in [3.05, 3.63) is 66.0 Å². The van der Waals surface area contributed by atoms with Crippen LogP contribution < -0.4 is 24.4 Å². The van der Waals surface area contributed by atoms with Crippen LogP contribution in [0, 0.1) is 12.8 Å². The number of ether oxygens (including phenoxy) is 3. The van der Waals surface area contributed by atoms with E-state index in [9.17, 15) is 4.79 Å². The zero-order chi connectivity index (χ0) is 25.3. The summed E-state index contributed by atoms with van der Waals surface area (Å²) in [5, 5.41) is 3.09. The molecule has 0 spiro atoms. The maximum absolute atomic E-state index is 13.1. The summed E-state index contributed by atoms with van der Waals surface area (Å²) in [6, 6.07) is 13.6. The van der Waals surface area contributed by atoms with Crippen molar-refractivity contribution in [2.24, 2.45) is 5.92 Å². The SMILES string of the molecule is CCOc1ccc(CNC(=O)C2CCCN(c3nccnc3Oc3ccc(C)cc3)C2)cc1OCC. The number of rotatable bonds is 10. The molecule has 1 atom stereocenters. The van der Waals surface area contributed by atoms with Crippen LogP contribution in [0.2, 0.25) is 0 Å². The number of nitrogens with one attached hydrogen (secondary N) is 1. The Bertz CT molecular complexity index is 1150. The van der Waals surface area contributed by atoms with Gasteiger partial charge < -0.3 is 24.4 Å². The molecule has 1 aliphatic rings. The molecular formula is C28H34N4O4. The van der Waals surface area contributed by atoms with E-state index in [2.05, 4.69) is 20.2 Å². The zero-order valence-corrected chi connectivity index (χ0v) is 21.2. The monoisotopic (exact) mass is 490 g/mol. The first-order valence-corrected chi connectivity index (χ1v) is 12.5. The zero-order valence-electron chi connectivity index (χ0n) is 21.2. The van der Waals surface area contributed by atoms with Gasteiger partial charge in [-0.3, -0.25) is 4.79 Å². The first kappa shape index (κ1) is 25.3. The highest BCUT2D eigenvalue weighted by Gasteiger charge is 2.28. The Morgan fingerprint density at radius 2 is 1.78 bits per heavy atom. The summed E-state index contributed by atoms with van der Waals surface area (Å²) in [4.78, 5) is 24.1. The number of benzene rings is 2. The lowest BCUT2D eigenvalue weighted by atomic mass is 9.97. The average molecular weight is 491 g/mol. The molecule has 1 N–H and O–H groups in total. The molecule has 0 saturated carbocycles. The first-order chi connectivity index (χ1) is 17.6. The highest BCUT2D eigenvalue weighted by atomic mass is 16.5. The van der Waals surface area contributed by atoms with Crippen molar-refractivity contribution >= 4 is 11.7 Å². The second-order valence-electron chi connectivity index (χ2n) is 8.75. The van der Waals surface area contributed by atoms with Gasteiger partial charge in [0.15, 0.2) is 17.3 Å². The number of anilines is 1. The predicted octanol–water partition coefficient (Wildman–Crippen LogP) is 4.91. The van der Waals surface area contributed by atoms with E-state index in [1.807, 2.05) is 63.2 Å². The molecule has 0 bridgehead atoms. The van der Waals surface area contributed by atoms with E-state index in [0.717, 1.165) is 30.5 Å². The average Bonchev–Trinajstić information content (AvgIpc) is 2.90. The minimum atomic E-state index is -0.151. The molecule has 2 aromatic carbocycles. The lowest BCUT2D eigenvalue weighted by Crippen LogP contribution is -2.43. The van der Waals surface area contributed by atoms with Crippen LogP contribution in [-0.4, -0.2) is 42.2 Å². The quantitative estimate of drug-likeness (QED) is 0.432. The van der Waals surface area contributed by atoms with Gasteiger partial charge in [0.25, 0.3) is 5.88 Å². The van der Waals surface area contributed by atoms with E-state index in [1.54, 1.807) is 12.4 Å². The fourth-order valence-electron chi connectivity index (χ4n) is 4.25. The van der Waals surface area contributed by atoms with Gasteiger partial charge in [-0.2, -0.15) is 0 Å². The molecule has 2 heterocycles. The van der Waals surface area contributed by atoms with E-state index >= 15 is 0 Å². The summed E-state index contributed by atoms with van der Waals surface area (Å²) < 4.78 is 17.4. The van der Waals surface area contributed by atoms with Crippen molar-refractivity contribution in [3.63, 3.8) is 0 Å². The molecule has 1 aromatic heterocycles. The molecule has 8 nitrogen and oxygen atoms in total. The third-order valence-electron chi connectivity index (χ3n) is 6.05. The molecule has 36 heavy (non-hydrogen) atoms. The Kier molecular flexibility index (Phi) is 8.60. The van der Waals surface area contributed by atoms with Gasteiger partial charge in [0, 0.05) is 32.0 Å². The number of aromatic nitrogens is 2. The number of nitrogens with zero attached hydrogens (tertiary/aromatic N) is 3. The van der Waals surface area contributed by atoms with Crippen LogP contribution in [0.1, 0.15) is 37.8 Å².